The minimum atomic E-state index is 0.667. The van der Waals surface area contributed by atoms with Gasteiger partial charge in [-0.3, -0.25) is 4.90 Å². The molecule has 2 atom stereocenters. The van der Waals surface area contributed by atoms with Gasteiger partial charge in [-0.15, -0.1) is 0 Å². The van der Waals surface area contributed by atoms with Crippen molar-refractivity contribution in [2.75, 3.05) is 7.05 Å². The molecule has 2 unspecified atom stereocenters. The van der Waals surface area contributed by atoms with Crippen LogP contribution in [0.15, 0.2) is 36.5 Å². The van der Waals surface area contributed by atoms with Gasteiger partial charge in [-0.2, -0.15) is 0 Å². The molecule has 2 bridgehead atoms. The summed E-state index contributed by atoms with van der Waals surface area (Å²) in [6.45, 7) is 0. The second kappa shape index (κ2) is 3.97. The molecule has 2 nitrogen and oxygen atoms in total. The molecule has 1 saturated heterocycles. The average molecular weight is 252 g/mol. The Balaban J connectivity index is 1.77. The molecule has 1 fully saturated rings. The molecule has 0 spiro atoms. The van der Waals surface area contributed by atoms with Gasteiger partial charge >= 0.3 is 0 Å². The van der Waals surface area contributed by atoms with Crippen LogP contribution in [-0.4, -0.2) is 28.6 Å². The van der Waals surface area contributed by atoms with Crippen molar-refractivity contribution in [1.29, 1.82) is 0 Å². The molecule has 98 valence electrons. The van der Waals surface area contributed by atoms with E-state index in [0.29, 0.717) is 6.04 Å². The highest BCUT2D eigenvalue weighted by atomic mass is 15.2. The Kier molecular flexibility index (Phi) is 2.36. The number of aromatic nitrogens is 1. The van der Waals surface area contributed by atoms with Gasteiger partial charge < -0.3 is 4.57 Å². The zero-order chi connectivity index (χ0) is 13.0. The van der Waals surface area contributed by atoms with E-state index in [4.69, 9.17) is 0 Å². The third-order valence-electron chi connectivity index (χ3n) is 5.00. The van der Waals surface area contributed by atoms with Gasteiger partial charge in [-0.25, -0.2) is 0 Å². The summed E-state index contributed by atoms with van der Waals surface area (Å²) in [4.78, 5) is 2.55. The number of fused-ring (bicyclic) bond motifs is 3. The number of nitrogens with zero attached hydrogens (tertiary/aromatic N) is 2. The van der Waals surface area contributed by atoms with E-state index in [1.54, 1.807) is 5.57 Å². The van der Waals surface area contributed by atoms with Crippen LogP contribution in [-0.2, 0) is 7.05 Å². The first kappa shape index (κ1) is 11.3. The summed E-state index contributed by atoms with van der Waals surface area (Å²) >= 11 is 0. The molecule has 1 aromatic carbocycles. The monoisotopic (exact) mass is 252 g/mol. The largest absolute Gasteiger partial charge is 0.351 e. The Hall–Kier alpha value is -1.54. The summed E-state index contributed by atoms with van der Waals surface area (Å²) in [6, 6.07) is 10.5. The van der Waals surface area contributed by atoms with E-state index >= 15 is 0 Å². The molecule has 4 rings (SSSR count). The number of likely N-dealkylation sites (N-methyl/N-ethyl adjacent to an activating group) is 1. The van der Waals surface area contributed by atoms with E-state index in [1.165, 1.54) is 35.7 Å². The van der Waals surface area contributed by atoms with Crippen molar-refractivity contribution < 1.29 is 0 Å². The minimum Gasteiger partial charge on any atom is -0.351 e. The molecule has 0 amide bonds. The molecule has 0 aliphatic carbocycles. The molecule has 2 aliphatic rings. The lowest BCUT2D eigenvalue weighted by Crippen LogP contribution is -2.34. The molecule has 3 heterocycles. The number of aryl methyl sites for hydroxylation is 1. The fourth-order valence-electron chi connectivity index (χ4n) is 3.74. The van der Waals surface area contributed by atoms with E-state index < -0.39 is 0 Å². The van der Waals surface area contributed by atoms with Gasteiger partial charge in [0.05, 0.1) is 0 Å². The summed E-state index contributed by atoms with van der Waals surface area (Å²) < 4.78 is 2.19. The van der Waals surface area contributed by atoms with Gasteiger partial charge in [0.25, 0.3) is 0 Å². The Bertz CT molecular complexity index is 665. The van der Waals surface area contributed by atoms with Crippen molar-refractivity contribution in [2.24, 2.45) is 7.05 Å². The summed E-state index contributed by atoms with van der Waals surface area (Å²) in [5.74, 6) is 0. The molecule has 0 saturated carbocycles. The SMILES string of the molecule is CN1C2C=C(c3ccc4c(ccn4C)c3)CC1CC2. The van der Waals surface area contributed by atoms with Crippen LogP contribution in [0, 0.1) is 0 Å². The average Bonchev–Trinajstić information content (AvgIpc) is 2.86. The Morgan fingerprint density at radius 1 is 1.11 bits per heavy atom. The summed E-state index contributed by atoms with van der Waals surface area (Å²) in [5.41, 5.74) is 4.29. The lowest BCUT2D eigenvalue weighted by Gasteiger charge is -2.30. The number of benzene rings is 1. The number of hydrogen-bond donors (Lipinski definition) is 0. The van der Waals surface area contributed by atoms with E-state index in [1.807, 2.05) is 0 Å². The van der Waals surface area contributed by atoms with Crippen LogP contribution in [0.25, 0.3) is 16.5 Å². The fraction of sp³-hybridized carbons (Fsp3) is 0.412. The summed E-state index contributed by atoms with van der Waals surface area (Å²) in [5, 5.41) is 1.35. The molecule has 19 heavy (non-hydrogen) atoms. The van der Waals surface area contributed by atoms with Crippen LogP contribution < -0.4 is 0 Å². The van der Waals surface area contributed by atoms with E-state index in [9.17, 15) is 0 Å². The first-order valence-electron chi connectivity index (χ1n) is 7.20. The fourth-order valence-corrected chi connectivity index (χ4v) is 3.74. The topological polar surface area (TPSA) is 8.17 Å². The van der Waals surface area contributed by atoms with E-state index in [0.717, 1.165) is 6.04 Å². The van der Waals surface area contributed by atoms with Gasteiger partial charge in [0.2, 0.25) is 0 Å². The highest BCUT2D eigenvalue weighted by Crippen LogP contribution is 2.37. The van der Waals surface area contributed by atoms with Crippen LogP contribution in [0.3, 0.4) is 0 Å². The quantitative estimate of drug-likeness (QED) is 0.755. The number of hydrogen-bond acceptors (Lipinski definition) is 1. The van der Waals surface area contributed by atoms with Crippen LogP contribution in [0.2, 0.25) is 0 Å². The van der Waals surface area contributed by atoms with Crippen molar-refractivity contribution in [3.63, 3.8) is 0 Å². The lowest BCUT2D eigenvalue weighted by molar-refractivity contribution is 0.264. The standard InChI is InChI=1S/C17H20N2/c1-18-8-7-13-9-12(3-6-17(13)18)14-10-15-4-5-16(11-14)19(15)2/h3,6-10,15-16H,4-5,11H2,1-2H3. The van der Waals surface area contributed by atoms with Gasteiger partial charge in [-0.1, -0.05) is 12.1 Å². The first-order valence-corrected chi connectivity index (χ1v) is 7.20. The predicted molar refractivity (Wildman–Crippen MR) is 80.1 cm³/mol. The maximum absolute atomic E-state index is 2.55. The lowest BCUT2D eigenvalue weighted by atomic mass is 9.94. The van der Waals surface area contributed by atoms with Crippen LogP contribution in [0.5, 0.6) is 0 Å². The first-order chi connectivity index (χ1) is 9.22. The highest BCUT2D eigenvalue weighted by Gasteiger charge is 2.33. The van der Waals surface area contributed by atoms with Gasteiger partial charge in [-0.05, 0) is 55.6 Å². The van der Waals surface area contributed by atoms with Crippen molar-refractivity contribution in [1.82, 2.24) is 9.47 Å². The van der Waals surface area contributed by atoms with Crippen molar-refractivity contribution in [2.45, 2.75) is 31.3 Å². The van der Waals surface area contributed by atoms with E-state index in [2.05, 4.69) is 60.1 Å². The highest BCUT2D eigenvalue weighted by molar-refractivity contribution is 5.85. The molecule has 0 radical (unpaired) electrons. The summed E-state index contributed by atoms with van der Waals surface area (Å²) in [6.07, 6.45) is 8.53. The normalized spacial score (nSPS) is 26.9. The van der Waals surface area contributed by atoms with Crippen LogP contribution >= 0.6 is 0 Å². The van der Waals surface area contributed by atoms with Crippen LogP contribution in [0.4, 0.5) is 0 Å². The third-order valence-corrected chi connectivity index (χ3v) is 5.00. The Morgan fingerprint density at radius 2 is 2.00 bits per heavy atom. The molecular weight excluding hydrogens is 232 g/mol. The molecule has 2 aliphatic heterocycles. The van der Waals surface area contributed by atoms with Crippen LogP contribution in [0.1, 0.15) is 24.8 Å². The molecule has 1 aromatic heterocycles. The van der Waals surface area contributed by atoms with E-state index in [-0.39, 0.29) is 0 Å². The van der Waals surface area contributed by atoms with Crippen molar-refractivity contribution in [3.05, 3.63) is 42.1 Å². The minimum absolute atomic E-state index is 0.667. The zero-order valence-electron chi connectivity index (χ0n) is 11.6. The third kappa shape index (κ3) is 1.67. The number of rotatable bonds is 1. The Labute approximate surface area is 114 Å². The second-order valence-corrected chi connectivity index (χ2v) is 6.06. The molecule has 2 aromatic rings. The molecule has 2 heteroatoms. The predicted octanol–water partition coefficient (Wildman–Crippen LogP) is 3.43. The van der Waals surface area contributed by atoms with Gasteiger partial charge in [0.15, 0.2) is 0 Å². The van der Waals surface area contributed by atoms with Crippen molar-refractivity contribution >= 4 is 16.5 Å². The maximum atomic E-state index is 2.55. The maximum Gasteiger partial charge on any atom is 0.0478 e. The van der Waals surface area contributed by atoms with Gasteiger partial charge in [0, 0.05) is 36.2 Å². The molecular formula is C17H20N2. The Morgan fingerprint density at radius 3 is 2.84 bits per heavy atom. The zero-order valence-corrected chi connectivity index (χ0v) is 11.6. The van der Waals surface area contributed by atoms with Crippen molar-refractivity contribution in [3.8, 4) is 0 Å². The van der Waals surface area contributed by atoms with Gasteiger partial charge in [0.1, 0.15) is 0 Å². The summed E-state index contributed by atoms with van der Waals surface area (Å²) in [7, 11) is 4.38. The second-order valence-electron chi connectivity index (χ2n) is 6.06. The molecule has 0 N–H and O–H groups in total. The smallest absolute Gasteiger partial charge is 0.0478 e.